The van der Waals surface area contributed by atoms with Crippen molar-refractivity contribution in [3.8, 4) is 0 Å². The minimum Gasteiger partial charge on any atom is -0.381 e. The lowest BCUT2D eigenvalue weighted by atomic mass is 10.3. The molecule has 0 unspecified atom stereocenters. The van der Waals surface area contributed by atoms with E-state index in [2.05, 4.69) is 10.4 Å². The summed E-state index contributed by atoms with van der Waals surface area (Å²) in [5.41, 5.74) is -2.45. The summed E-state index contributed by atoms with van der Waals surface area (Å²) in [5.74, 6) is 0. The molecule has 0 radical (unpaired) electrons. The van der Waals surface area contributed by atoms with Gasteiger partial charge < -0.3 is 5.32 Å². The average molecular weight is 315 g/mol. The van der Waals surface area contributed by atoms with Crippen molar-refractivity contribution in [1.29, 1.82) is 0 Å². The predicted molar refractivity (Wildman–Crippen MR) is 78.3 cm³/mol. The first-order chi connectivity index (χ1) is 9.83. The number of anilines is 1. The van der Waals surface area contributed by atoms with Gasteiger partial charge in [-0.2, -0.15) is 18.3 Å². The van der Waals surface area contributed by atoms with Crippen LogP contribution in [0.2, 0.25) is 0 Å². The Labute approximate surface area is 125 Å². The standard InChI is InChI=1S/C14H16F3N3S/c1-10(2)20-9-11(8-19-20)7-18-12-3-5-13(6-4-12)21-14(15,16)17/h3-6,8-10,18H,7H2,1-2H3. The maximum absolute atomic E-state index is 12.2. The lowest BCUT2D eigenvalue weighted by Gasteiger charge is -2.08. The topological polar surface area (TPSA) is 29.9 Å². The lowest BCUT2D eigenvalue weighted by molar-refractivity contribution is -0.0328. The SMILES string of the molecule is CC(C)n1cc(CNc2ccc(SC(F)(F)F)cc2)cn1. The molecular formula is C14H16F3N3S. The first kappa shape index (κ1) is 15.8. The van der Waals surface area contributed by atoms with Gasteiger partial charge in [0.2, 0.25) is 0 Å². The number of hydrogen-bond acceptors (Lipinski definition) is 3. The largest absolute Gasteiger partial charge is 0.446 e. The Morgan fingerprint density at radius 1 is 1.24 bits per heavy atom. The second-order valence-corrected chi connectivity index (χ2v) is 5.99. The number of nitrogens with one attached hydrogen (secondary N) is 1. The molecule has 0 fully saturated rings. The molecule has 3 nitrogen and oxygen atoms in total. The van der Waals surface area contributed by atoms with E-state index in [4.69, 9.17) is 0 Å². The van der Waals surface area contributed by atoms with Crippen LogP contribution in [-0.2, 0) is 6.54 Å². The second kappa shape index (κ2) is 6.43. The number of benzene rings is 1. The van der Waals surface area contributed by atoms with Crippen molar-refractivity contribution in [2.45, 2.75) is 36.8 Å². The molecule has 114 valence electrons. The smallest absolute Gasteiger partial charge is 0.381 e. The van der Waals surface area contributed by atoms with Crippen molar-refractivity contribution < 1.29 is 13.2 Å². The number of rotatable bonds is 5. The van der Waals surface area contributed by atoms with Crippen LogP contribution in [0.5, 0.6) is 0 Å². The summed E-state index contributed by atoms with van der Waals surface area (Å²) < 4.78 is 38.5. The molecule has 2 aromatic rings. The van der Waals surface area contributed by atoms with Crippen LogP contribution in [0.25, 0.3) is 0 Å². The molecule has 0 bridgehead atoms. The van der Waals surface area contributed by atoms with E-state index in [-0.39, 0.29) is 16.7 Å². The van der Waals surface area contributed by atoms with Crippen molar-refractivity contribution in [2.24, 2.45) is 0 Å². The molecule has 0 aliphatic carbocycles. The van der Waals surface area contributed by atoms with Crippen molar-refractivity contribution in [3.63, 3.8) is 0 Å². The predicted octanol–water partition coefficient (Wildman–Crippen LogP) is 4.69. The van der Waals surface area contributed by atoms with E-state index in [9.17, 15) is 13.2 Å². The molecule has 2 rings (SSSR count). The summed E-state index contributed by atoms with van der Waals surface area (Å²) in [4.78, 5) is 0.181. The highest BCUT2D eigenvalue weighted by Crippen LogP contribution is 2.37. The Balaban J connectivity index is 1.91. The van der Waals surface area contributed by atoms with Crippen molar-refractivity contribution in [2.75, 3.05) is 5.32 Å². The van der Waals surface area contributed by atoms with Gasteiger partial charge >= 0.3 is 5.51 Å². The Hall–Kier alpha value is -1.63. The highest BCUT2D eigenvalue weighted by molar-refractivity contribution is 8.00. The molecule has 1 N–H and O–H groups in total. The monoisotopic (exact) mass is 315 g/mol. The quantitative estimate of drug-likeness (QED) is 0.812. The maximum Gasteiger partial charge on any atom is 0.446 e. The number of thioether (sulfide) groups is 1. The van der Waals surface area contributed by atoms with Crippen LogP contribution in [0, 0.1) is 0 Å². The molecule has 0 aliphatic rings. The van der Waals surface area contributed by atoms with Gasteiger partial charge in [-0.15, -0.1) is 0 Å². The third-order valence-electron chi connectivity index (χ3n) is 2.77. The summed E-state index contributed by atoms with van der Waals surface area (Å²) in [7, 11) is 0. The minimum atomic E-state index is -4.25. The Morgan fingerprint density at radius 3 is 2.43 bits per heavy atom. The fourth-order valence-electron chi connectivity index (χ4n) is 1.73. The Morgan fingerprint density at radius 2 is 1.90 bits per heavy atom. The molecule has 7 heteroatoms. The van der Waals surface area contributed by atoms with Gasteiger partial charge in [0.25, 0.3) is 0 Å². The van der Waals surface area contributed by atoms with Crippen molar-refractivity contribution in [1.82, 2.24) is 9.78 Å². The molecule has 1 aromatic heterocycles. The first-order valence-corrected chi connectivity index (χ1v) is 7.28. The lowest BCUT2D eigenvalue weighted by Crippen LogP contribution is -2.01. The van der Waals surface area contributed by atoms with Gasteiger partial charge in [-0.05, 0) is 49.9 Å². The van der Waals surface area contributed by atoms with Crippen LogP contribution < -0.4 is 5.32 Å². The normalized spacial score (nSPS) is 11.9. The Bertz CT molecular complexity index is 576. The van der Waals surface area contributed by atoms with Gasteiger partial charge in [0.1, 0.15) is 0 Å². The van der Waals surface area contributed by atoms with Gasteiger partial charge in [-0.25, -0.2) is 0 Å². The summed E-state index contributed by atoms with van der Waals surface area (Å²) in [6, 6.07) is 6.50. The molecule has 0 amide bonds. The highest BCUT2D eigenvalue weighted by Gasteiger charge is 2.28. The summed E-state index contributed by atoms with van der Waals surface area (Å²) in [5, 5.41) is 7.39. The van der Waals surface area contributed by atoms with Crippen LogP contribution in [0.15, 0.2) is 41.6 Å². The van der Waals surface area contributed by atoms with Crippen LogP contribution in [0.3, 0.4) is 0 Å². The first-order valence-electron chi connectivity index (χ1n) is 6.46. The fraction of sp³-hybridized carbons (Fsp3) is 0.357. The van der Waals surface area contributed by atoms with Gasteiger partial charge in [-0.1, -0.05) is 0 Å². The zero-order valence-corrected chi connectivity index (χ0v) is 12.5. The summed E-state index contributed by atoms with van der Waals surface area (Å²) in [6.45, 7) is 4.67. The fourth-order valence-corrected chi connectivity index (χ4v) is 2.27. The molecule has 0 spiro atoms. The van der Waals surface area contributed by atoms with Crippen molar-refractivity contribution in [3.05, 3.63) is 42.2 Å². The molecule has 0 aliphatic heterocycles. The highest BCUT2D eigenvalue weighted by atomic mass is 32.2. The number of alkyl halides is 3. The van der Waals surface area contributed by atoms with E-state index in [0.29, 0.717) is 12.6 Å². The number of nitrogens with zero attached hydrogens (tertiary/aromatic N) is 2. The van der Waals surface area contributed by atoms with Crippen LogP contribution in [-0.4, -0.2) is 15.3 Å². The van der Waals surface area contributed by atoms with Crippen LogP contribution >= 0.6 is 11.8 Å². The second-order valence-electron chi connectivity index (χ2n) is 4.85. The summed E-state index contributed by atoms with van der Waals surface area (Å²) >= 11 is -0.111. The molecule has 0 saturated heterocycles. The zero-order valence-electron chi connectivity index (χ0n) is 11.7. The summed E-state index contributed by atoms with van der Waals surface area (Å²) in [6.07, 6.45) is 3.73. The third-order valence-corrected chi connectivity index (χ3v) is 3.51. The number of aromatic nitrogens is 2. The van der Waals surface area contributed by atoms with Crippen LogP contribution in [0.4, 0.5) is 18.9 Å². The molecular weight excluding hydrogens is 299 g/mol. The van der Waals surface area contributed by atoms with E-state index < -0.39 is 5.51 Å². The van der Waals surface area contributed by atoms with Gasteiger partial charge in [-0.3, -0.25) is 4.68 Å². The van der Waals surface area contributed by atoms with E-state index in [0.717, 1.165) is 11.3 Å². The van der Waals surface area contributed by atoms with Gasteiger partial charge in [0.05, 0.1) is 6.20 Å². The third kappa shape index (κ3) is 5.00. The van der Waals surface area contributed by atoms with Crippen molar-refractivity contribution >= 4 is 17.4 Å². The zero-order chi connectivity index (χ0) is 15.5. The van der Waals surface area contributed by atoms with E-state index in [1.807, 2.05) is 24.7 Å². The Kier molecular flexibility index (Phi) is 4.82. The molecule has 0 saturated carbocycles. The van der Waals surface area contributed by atoms with Gasteiger partial charge in [0, 0.05) is 34.9 Å². The van der Waals surface area contributed by atoms with E-state index in [1.165, 1.54) is 12.1 Å². The van der Waals surface area contributed by atoms with Crippen LogP contribution in [0.1, 0.15) is 25.5 Å². The number of hydrogen-bond donors (Lipinski definition) is 1. The molecule has 0 atom stereocenters. The number of halogens is 3. The van der Waals surface area contributed by atoms with E-state index >= 15 is 0 Å². The molecule has 1 heterocycles. The average Bonchev–Trinajstić information content (AvgIpc) is 2.85. The van der Waals surface area contributed by atoms with E-state index in [1.54, 1.807) is 18.3 Å². The maximum atomic E-state index is 12.2. The molecule has 21 heavy (non-hydrogen) atoms. The molecule has 1 aromatic carbocycles. The van der Waals surface area contributed by atoms with Gasteiger partial charge in [0.15, 0.2) is 0 Å². The minimum absolute atomic E-state index is 0.111.